The molecule has 0 bridgehead atoms. The molecule has 1 fully saturated rings. The van der Waals surface area contributed by atoms with Crippen LogP contribution in [-0.4, -0.2) is 34.0 Å². The summed E-state index contributed by atoms with van der Waals surface area (Å²) in [4.78, 5) is 4.46. The van der Waals surface area contributed by atoms with E-state index >= 15 is 0 Å². The van der Waals surface area contributed by atoms with Gasteiger partial charge in [-0.3, -0.25) is 0 Å². The van der Waals surface area contributed by atoms with E-state index in [2.05, 4.69) is 9.55 Å². The Balaban J connectivity index is 1.90. The summed E-state index contributed by atoms with van der Waals surface area (Å²) in [5.41, 5.74) is 2.55. The summed E-state index contributed by atoms with van der Waals surface area (Å²) < 4.78 is 7.61. The minimum atomic E-state index is -0.283. The average Bonchev–Trinajstić information content (AvgIpc) is 2.74. The fourth-order valence-electron chi connectivity index (χ4n) is 2.76. The molecule has 1 aromatic heterocycles. The van der Waals surface area contributed by atoms with Crippen LogP contribution < -0.4 is 0 Å². The van der Waals surface area contributed by atoms with E-state index in [1.54, 1.807) is 0 Å². The van der Waals surface area contributed by atoms with Gasteiger partial charge in [0.1, 0.15) is 0 Å². The lowest BCUT2D eigenvalue weighted by atomic mass is 9.99. The van der Waals surface area contributed by atoms with E-state index < -0.39 is 0 Å². The first-order chi connectivity index (χ1) is 7.86. The summed E-state index contributed by atoms with van der Waals surface area (Å²) >= 11 is 0. The second-order valence-corrected chi connectivity index (χ2v) is 4.75. The Morgan fingerprint density at radius 1 is 1.38 bits per heavy atom. The van der Waals surface area contributed by atoms with Crippen LogP contribution in [0.25, 0.3) is 0 Å². The molecule has 2 aliphatic rings. The van der Waals surface area contributed by atoms with Crippen LogP contribution in [0.15, 0.2) is 6.33 Å². The van der Waals surface area contributed by atoms with Crippen molar-refractivity contribution >= 4 is 0 Å². The Morgan fingerprint density at radius 2 is 2.25 bits per heavy atom. The van der Waals surface area contributed by atoms with Crippen LogP contribution in [0, 0.1) is 0 Å². The van der Waals surface area contributed by atoms with Gasteiger partial charge in [-0.1, -0.05) is 0 Å². The van der Waals surface area contributed by atoms with Gasteiger partial charge < -0.3 is 14.4 Å². The number of hydrogen-bond acceptors (Lipinski definition) is 3. The zero-order chi connectivity index (χ0) is 11.0. The zero-order valence-corrected chi connectivity index (χ0v) is 9.43. The lowest BCUT2D eigenvalue weighted by Gasteiger charge is -2.30. The molecule has 1 N–H and O–H groups in total. The van der Waals surface area contributed by atoms with Gasteiger partial charge in [-0.05, 0) is 32.1 Å². The Bertz CT molecular complexity index is 375. The zero-order valence-electron chi connectivity index (χ0n) is 9.43. The second-order valence-electron chi connectivity index (χ2n) is 4.75. The smallest absolute Gasteiger partial charge is 0.0955 e. The molecule has 4 heteroatoms. The van der Waals surface area contributed by atoms with Crippen molar-refractivity contribution in [3.05, 3.63) is 17.7 Å². The number of aromatic nitrogens is 2. The van der Waals surface area contributed by atoms with Gasteiger partial charge in [0.2, 0.25) is 0 Å². The number of fused-ring (bicyclic) bond motifs is 1. The third-order valence-corrected chi connectivity index (χ3v) is 3.71. The van der Waals surface area contributed by atoms with Crippen molar-refractivity contribution in [2.24, 2.45) is 0 Å². The SMILES string of the molecule is OC1CCOCC1n1cnc2c1CCCC2. The summed E-state index contributed by atoms with van der Waals surface area (Å²) in [6.07, 6.45) is 7.01. The highest BCUT2D eigenvalue weighted by Gasteiger charge is 2.28. The van der Waals surface area contributed by atoms with Crippen LogP contribution in [0.2, 0.25) is 0 Å². The first kappa shape index (κ1) is 10.3. The van der Waals surface area contributed by atoms with E-state index in [4.69, 9.17) is 4.74 Å². The molecule has 3 rings (SSSR count). The van der Waals surface area contributed by atoms with E-state index in [-0.39, 0.29) is 12.1 Å². The Morgan fingerprint density at radius 3 is 3.12 bits per heavy atom. The molecule has 16 heavy (non-hydrogen) atoms. The lowest BCUT2D eigenvalue weighted by Crippen LogP contribution is -2.34. The molecule has 0 spiro atoms. The highest BCUT2D eigenvalue weighted by Crippen LogP contribution is 2.27. The van der Waals surface area contributed by atoms with E-state index in [1.807, 2.05) is 6.33 Å². The third-order valence-electron chi connectivity index (χ3n) is 3.71. The summed E-state index contributed by atoms with van der Waals surface area (Å²) in [5, 5.41) is 10.0. The largest absolute Gasteiger partial charge is 0.391 e. The van der Waals surface area contributed by atoms with Crippen LogP contribution >= 0.6 is 0 Å². The van der Waals surface area contributed by atoms with Gasteiger partial charge in [0.15, 0.2) is 0 Å². The molecule has 0 amide bonds. The molecule has 4 nitrogen and oxygen atoms in total. The normalized spacial score (nSPS) is 30.1. The number of hydrogen-bond donors (Lipinski definition) is 1. The fourth-order valence-corrected chi connectivity index (χ4v) is 2.76. The summed E-state index contributed by atoms with van der Waals surface area (Å²) in [7, 11) is 0. The number of ether oxygens (including phenoxy) is 1. The maximum atomic E-state index is 10.0. The number of aryl methyl sites for hydroxylation is 1. The van der Waals surface area contributed by atoms with Crippen molar-refractivity contribution in [2.75, 3.05) is 13.2 Å². The molecule has 2 heterocycles. The van der Waals surface area contributed by atoms with Crippen molar-refractivity contribution in [1.29, 1.82) is 0 Å². The molecule has 88 valence electrons. The minimum Gasteiger partial charge on any atom is -0.391 e. The molecule has 0 radical (unpaired) electrons. The topological polar surface area (TPSA) is 47.3 Å². The molecule has 0 saturated carbocycles. The molecule has 1 aromatic rings. The van der Waals surface area contributed by atoms with Crippen molar-refractivity contribution in [3.8, 4) is 0 Å². The Kier molecular flexibility index (Phi) is 2.69. The quantitative estimate of drug-likeness (QED) is 0.773. The van der Waals surface area contributed by atoms with Gasteiger partial charge >= 0.3 is 0 Å². The molecular weight excluding hydrogens is 204 g/mol. The van der Waals surface area contributed by atoms with Crippen LogP contribution in [0.4, 0.5) is 0 Å². The fraction of sp³-hybridized carbons (Fsp3) is 0.750. The number of aliphatic hydroxyl groups is 1. The van der Waals surface area contributed by atoms with Gasteiger partial charge in [0.05, 0.1) is 30.8 Å². The van der Waals surface area contributed by atoms with Crippen molar-refractivity contribution in [2.45, 2.75) is 44.2 Å². The number of imidazole rings is 1. The lowest BCUT2D eigenvalue weighted by molar-refractivity contribution is -0.0299. The van der Waals surface area contributed by atoms with Crippen LogP contribution in [-0.2, 0) is 17.6 Å². The number of rotatable bonds is 1. The van der Waals surface area contributed by atoms with E-state index in [9.17, 15) is 5.11 Å². The molecule has 1 aliphatic carbocycles. The molecule has 1 aliphatic heterocycles. The maximum Gasteiger partial charge on any atom is 0.0955 e. The van der Waals surface area contributed by atoms with E-state index in [0.717, 1.165) is 19.3 Å². The van der Waals surface area contributed by atoms with Crippen molar-refractivity contribution < 1.29 is 9.84 Å². The summed E-state index contributed by atoms with van der Waals surface area (Å²) in [6.45, 7) is 1.29. The van der Waals surface area contributed by atoms with E-state index in [0.29, 0.717) is 13.2 Å². The first-order valence-electron chi connectivity index (χ1n) is 6.16. The highest BCUT2D eigenvalue weighted by molar-refractivity contribution is 5.17. The maximum absolute atomic E-state index is 10.0. The molecule has 2 atom stereocenters. The summed E-state index contributed by atoms with van der Waals surface area (Å²) in [6, 6.07) is 0.0723. The van der Waals surface area contributed by atoms with Crippen molar-refractivity contribution in [3.63, 3.8) is 0 Å². The number of nitrogens with zero attached hydrogens (tertiary/aromatic N) is 2. The summed E-state index contributed by atoms with van der Waals surface area (Å²) in [5.74, 6) is 0. The monoisotopic (exact) mass is 222 g/mol. The van der Waals surface area contributed by atoms with Gasteiger partial charge in [0.25, 0.3) is 0 Å². The van der Waals surface area contributed by atoms with Gasteiger partial charge in [-0.2, -0.15) is 0 Å². The van der Waals surface area contributed by atoms with Crippen LogP contribution in [0.3, 0.4) is 0 Å². The number of aliphatic hydroxyl groups excluding tert-OH is 1. The van der Waals surface area contributed by atoms with Crippen LogP contribution in [0.5, 0.6) is 0 Å². The standard InChI is InChI=1S/C12H18N2O2/c15-12-5-6-16-7-11(12)14-8-13-9-3-1-2-4-10(9)14/h8,11-12,15H,1-7H2. The van der Waals surface area contributed by atoms with Crippen molar-refractivity contribution in [1.82, 2.24) is 9.55 Å². The van der Waals surface area contributed by atoms with Gasteiger partial charge in [-0.25, -0.2) is 4.98 Å². The molecule has 2 unspecified atom stereocenters. The van der Waals surface area contributed by atoms with E-state index in [1.165, 1.54) is 24.2 Å². The molecular formula is C12H18N2O2. The highest BCUT2D eigenvalue weighted by atomic mass is 16.5. The predicted molar refractivity (Wildman–Crippen MR) is 59.3 cm³/mol. The van der Waals surface area contributed by atoms with Gasteiger partial charge in [-0.15, -0.1) is 0 Å². The Labute approximate surface area is 95.3 Å². The van der Waals surface area contributed by atoms with Gasteiger partial charge in [0, 0.05) is 12.3 Å². The van der Waals surface area contributed by atoms with Crippen LogP contribution in [0.1, 0.15) is 36.7 Å². The Hall–Kier alpha value is -0.870. The third kappa shape index (κ3) is 1.66. The average molecular weight is 222 g/mol. The predicted octanol–water partition coefficient (Wildman–Crippen LogP) is 1.08. The minimum absolute atomic E-state index is 0.0723. The molecule has 1 saturated heterocycles. The molecule has 0 aromatic carbocycles. The second kappa shape index (κ2) is 4.18. The first-order valence-corrected chi connectivity index (χ1v) is 6.16.